The number of hydrogen-bond acceptors (Lipinski definition) is 2. The van der Waals surface area contributed by atoms with Crippen molar-refractivity contribution in [2.75, 3.05) is 0 Å². The van der Waals surface area contributed by atoms with Crippen molar-refractivity contribution in [1.82, 2.24) is 9.55 Å². The summed E-state index contributed by atoms with van der Waals surface area (Å²) in [6, 6.07) is 8.07. The lowest BCUT2D eigenvalue weighted by Crippen LogP contribution is -2.16. The first-order chi connectivity index (χ1) is 9.58. The Morgan fingerprint density at radius 2 is 2.25 bits per heavy atom. The van der Waals surface area contributed by atoms with E-state index in [2.05, 4.69) is 22.5 Å². The van der Waals surface area contributed by atoms with Gasteiger partial charge in [-0.15, -0.1) is 0 Å². The fourth-order valence-corrected chi connectivity index (χ4v) is 3.05. The molecule has 20 heavy (non-hydrogen) atoms. The lowest BCUT2D eigenvalue weighted by molar-refractivity contribution is 0.0688. The topological polar surface area (TPSA) is 55.1 Å². The van der Waals surface area contributed by atoms with Gasteiger partial charge in [0, 0.05) is 12.1 Å². The molecule has 104 valence electrons. The van der Waals surface area contributed by atoms with Gasteiger partial charge in [0.2, 0.25) is 0 Å². The Bertz CT molecular complexity index is 673. The highest BCUT2D eigenvalue weighted by Crippen LogP contribution is 2.34. The predicted molar refractivity (Wildman–Crippen MR) is 77.0 cm³/mol. The molecule has 0 bridgehead atoms. The summed E-state index contributed by atoms with van der Waals surface area (Å²) in [4.78, 5) is 15.9. The normalized spacial score (nSPS) is 17.8. The summed E-state index contributed by atoms with van der Waals surface area (Å²) in [5, 5.41) is 9.40. The van der Waals surface area contributed by atoms with E-state index in [4.69, 9.17) is 0 Å². The van der Waals surface area contributed by atoms with Gasteiger partial charge in [0.05, 0.1) is 5.69 Å². The third-order valence-electron chi connectivity index (χ3n) is 3.97. The lowest BCUT2D eigenvalue weighted by atomic mass is 9.96. The van der Waals surface area contributed by atoms with Gasteiger partial charge in [0.1, 0.15) is 5.82 Å². The maximum Gasteiger partial charge on any atom is 0.356 e. The largest absolute Gasteiger partial charge is 0.476 e. The van der Waals surface area contributed by atoms with Gasteiger partial charge in [-0.05, 0) is 31.7 Å². The molecule has 0 radical (unpaired) electrons. The molecule has 4 nitrogen and oxygen atoms in total. The van der Waals surface area contributed by atoms with Crippen LogP contribution in [0, 0.1) is 6.92 Å². The lowest BCUT2D eigenvalue weighted by Gasteiger charge is -2.22. The minimum Gasteiger partial charge on any atom is -0.476 e. The zero-order valence-electron chi connectivity index (χ0n) is 11.8. The van der Waals surface area contributed by atoms with Crippen molar-refractivity contribution in [1.29, 1.82) is 0 Å². The zero-order valence-corrected chi connectivity index (χ0v) is 11.8. The average molecular weight is 270 g/mol. The monoisotopic (exact) mass is 270 g/mol. The minimum absolute atomic E-state index is 0.216. The summed E-state index contributed by atoms with van der Waals surface area (Å²) in [7, 11) is 0. The van der Waals surface area contributed by atoms with Gasteiger partial charge in [-0.2, -0.15) is 0 Å². The van der Waals surface area contributed by atoms with Crippen molar-refractivity contribution in [3.63, 3.8) is 0 Å². The summed E-state index contributed by atoms with van der Waals surface area (Å²) in [5.74, 6) is 0.106. The Labute approximate surface area is 118 Å². The van der Waals surface area contributed by atoms with Crippen LogP contribution < -0.4 is 0 Å². The van der Waals surface area contributed by atoms with Crippen molar-refractivity contribution >= 4 is 5.97 Å². The number of hydrogen-bond donors (Lipinski definition) is 1. The summed E-state index contributed by atoms with van der Waals surface area (Å²) in [5.41, 5.74) is 3.24. The van der Waals surface area contributed by atoms with Crippen molar-refractivity contribution < 1.29 is 9.90 Å². The number of aromatic carboxylic acids is 1. The van der Waals surface area contributed by atoms with Gasteiger partial charge >= 0.3 is 5.97 Å². The van der Waals surface area contributed by atoms with Crippen LogP contribution in [-0.4, -0.2) is 20.6 Å². The predicted octanol–water partition coefficient (Wildman–Crippen LogP) is 3.45. The van der Waals surface area contributed by atoms with E-state index < -0.39 is 5.97 Å². The van der Waals surface area contributed by atoms with Crippen LogP contribution in [0.5, 0.6) is 0 Å². The van der Waals surface area contributed by atoms with Crippen LogP contribution in [0.4, 0.5) is 0 Å². The Morgan fingerprint density at radius 3 is 2.95 bits per heavy atom. The van der Waals surface area contributed by atoms with E-state index in [0.717, 1.165) is 42.0 Å². The second-order valence-electron chi connectivity index (χ2n) is 5.54. The van der Waals surface area contributed by atoms with Crippen LogP contribution in [0.1, 0.15) is 47.4 Å². The fourth-order valence-electron chi connectivity index (χ4n) is 3.05. The molecule has 2 heterocycles. The van der Waals surface area contributed by atoms with Gasteiger partial charge < -0.3 is 9.67 Å². The van der Waals surface area contributed by atoms with Crippen molar-refractivity contribution in [2.24, 2.45) is 0 Å². The zero-order chi connectivity index (χ0) is 14.3. The highest BCUT2D eigenvalue weighted by Gasteiger charge is 2.28. The van der Waals surface area contributed by atoms with Gasteiger partial charge in [0.25, 0.3) is 0 Å². The quantitative estimate of drug-likeness (QED) is 0.909. The SMILES string of the molecule is Cc1cccc(-c2nc(C(=O)O)c3n2CCCC3C)c1. The molecule has 1 unspecified atom stereocenters. The smallest absolute Gasteiger partial charge is 0.356 e. The van der Waals surface area contributed by atoms with Gasteiger partial charge in [-0.25, -0.2) is 9.78 Å². The second-order valence-corrected chi connectivity index (χ2v) is 5.54. The van der Waals surface area contributed by atoms with Crippen LogP contribution in [0.25, 0.3) is 11.4 Å². The van der Waals surface area contributed by atoms with Crippen molar-refractivity contribution in [3.8, 4) is 11.4 Å². The first kappa shape index (κ1) is 12.9. The Hall–Kier alpha value is -2.10. The first-order valence-corrected chi connectivity index (χ1v) is 6.98. The summed E-state index contributed by atoms with van der Waals surface area (Å²) < 4.78 is 2.09. The van der Waals surface area contributed by atoms with Gasteiger partial charge in [0.15, 0.2) is 5.69 Å². The van der Waals surface area contributed by atoms with Gasteiger partial charge in [-0.3, -0.25) is 0 Å². The second kappa shape index (κ2) is 4.78. The Balaban J connectivity index is 2.22. The van der Waals surface area contributed by atoms with E-state index in [-0.39, 0.29) is 11.6 Å². The Morgan fingerprint density at radius 1 is 1.45 bits per heavy atom. The van der Waals surface area contributed by atoms with Crippen LogP contribution in [0.3, 0.4) is 0 Å². The number of fused-ring (bicyclic) bond motifs is 1. The summed E-state index contributed by atoms with van der Waals surface area (Å²) >= 11 is 0. The van der Waals surface area contributed by atoms with E-state index >= 15 is 0 Å². The maximum atomic E-state index is 11.5. The molecule has 1 N–H and O–H groups in total. The number of aromatic nitrogens is 2. The molecule has 1 aliphatic heterocycles. The van der Waals surface area contributed by atoms with E-state index in [0.29, 0.717) is 0 Å². The van der Waals surface area contributed by atoms with E-state index in [9.17, 15) is 9.90 Å². The Kier molecular flexibility index (Phi) is 3.08. The number of carbonyl (C=O) groups is 1. The number of rotatable bonds is 2. The number of carboxylic acid groups (broad SMARTS) is 1. The average Bonchev–Trinajstić information content (AvgIpc) is 2.80. The molecular formula is C16H18N2O2. The van der Waals surface area contributed by atoms with Crippen LogP contribution in [0.15, 0.2) is 24.3 Å². The molecule has 0 spiro atoms. The summed E-state index contributed by atoms with van der Waals surface area (Å²) in [6.45, 7) is 4.96. The molecule has 0 saturated heterocycles. The molecule has 0 fully saturated rings. The molecule has 1 aromatic carbocycles. The molecule has 1 atom stereocenters. The molecule has 0 aliphatic carbocycles. The highest BCUT2D eigenvalue weighted by molar-refractivity contribution is 5.88. The molecule has 1 aromatic heterocycles. The van der Waals surface area contributed by atoms with E-state index in [1.54, 1.807) is 0 Å². The molecular weight excluding hydrogens is 252 g/mol. The van der Waals surface area contributed by atoms with Crippen LogP contribution in [-0.2, 0) is 6.54 Å². The molecule has 3 rings (SSSR count). The molecule has 1 aliphatic rings. The van der Waals surface area contributed by atoms with E-state index in [1.165, 1.54) is 0 Å². The number of nitrogens with zero attached hydrogens (tertiary/aromatic N) is 2. The maximum absolute atomic E-state index is 11.5. The van der Waals surface area contributed by atoms with Crippen molar-refractivity contribution in [3.05, 3.63) is 41.2 Å². The van der Waals surface area contributed by atoms with Crippen molar-refractivity contribution in [2.45, 2.75) is 39.2 Å². The summed E-state index contributed by atoms with van der Waals surface area (Å²) in [6.07, 6.45) is 2.10. The molecule has 2 aromatic rings. The number of benzene rings is 1. The third-order valence-corrected chi connectivity index (χ3v) is 3.97. The number of imidazole rings is 1. The number of aryl methyl sites for hydroxylation is 1. The van der Waals surface area contributed by atoms with Crippen LogP contribution >= 0.6 is 0 Å². The third kappa shape index (κ3) is 2.01. The first-order valence-electron chi connectivity index (χ1n) is 6.98. The fraction of sp³-hybridized carbons (Fsp3) is 0.375. The van der Waals surface area contributed by atoms with Gasteiger partial charge in [-0.1, -0.05) is 30.7 Å². The molecule has 0 saturated carbocycles. The minimum atomic E-state index is -0.929. The highest BCUT2D eigenvalue weighted by atomic mass is 16.4. The molecule has 0 amide bonds. The molecule has 4 heteroatoms. The standard InChI is InChI=1S/C16H18N2O2/c1-10-5-3-7-12(9-10)15-17-13(16(19)20)14-11(2)6-4-8-18(14)15/h3,5,7,9,11H,4,6,8H2,1-2H3,(H,19,20). The number of carboxylic acids is 1. The van der Waals surface area contributed by atoms with E-state index in [1.807, 2.05) is 25.1 Å². The van der Waals surface area contributed by atoms with Crippen LogP contribution in [0.2, 0.25) is 0 Å².